The number of carbonyl (C=O) groups is 2. The highest BCUT2D eigenvalue weighted by molar-refractivity contribution is 6.09. The molecule has 1 aliphatic rings. The highest BCUT2D eigenvalue weighted by Crippen LogP contribution is 2.16. The molecule has 2 aromatic rings. The quantitative estimate of drug-likeness (QED) is 0.850. The molecule has 1 amide bonds. The second-order valence-corrected chi connectivity index (χ2v) is 5.86. The number of hydrogen-bond donors (Lipinski definition) is 2. The predicted molar refractivity (Wildman–Crippen MR) is 88.7 cm³/mol. The summed E-state index contributed by atoms with van der Waals surface area (Å²) in [6.45, 7) is 1.54. The Hall–Kier alpha value is -2.40. The molecule has 120 valence electrons. The van der Waals surface area contributed by atoms with Gasteiger partial charge in [0, 0.05) is 48.2 Å². The number of nitrogens with one attached hydrogen (secondary N) is 2. The van der Waals surface area contributed by atoms with Crippen molar-refractivity contribution in [3.8, 4) is 0 Å². The summed E-state index contributed by atoms with van der Waals surface area (Å²) in [6, 6.07) is 9.18. The van der Waals surface area contributed by atoms with Crippen molar-refractivity contribution in [3.05, 3.63) is 59.4 Å². The lowest BCUT2D eigenvalue weighted by molar-refractivity contribution is 0.0707. The van der Waals surface area contributed by atoms with Gasteiger partial charge in [-0.3, -0.25) is 9.59 Å². The number of carbonyl (C=O) groups excluding carboxylic acids is 2. The van der Waals surface area contributed by atoms with E-state index in [4.69, 9.17) is 0 Å². The van der Waals surface area contributed by atoms with Crippen LogP contribution in [0.2, 0.25) is 0 Å². The molecule has 0 unspecified atom stereocenters. The predicted octanol–water partition coefficient (Wildman–Crippen LogP) is 2.07. The van der Waals surface area contributed by atoms with Crippen molar-refractivity contribution in [2.45, 2.75) is 18.9 Å². The van der Waals surface area contributed by atoms with Gasteiger partial charge in [0.05, 0.1) is 0 Å². The van der Waals surface area contributed by atoms with Gasteiger partial charge in [-0.05, 0) is 38.1 Å². The van der Waals surface area contributed by atoms with Crippen LogP contribution in [0.3, 0.4) is 0 Å². The van der Waals surface area contributed by atoms with Crippen molar-refractivity contribution < 1.29 is 9.59 Å². The standard InChI is InChI=1S/C18H21N3O2/c1-19-16-7-10-21(11-8-16)18(23)14-4-2-13(3-5-14)17(22)15-6-9-20-12-15/h2-6,9,12,16,19-20H,7-8,10-11H2,1H3. The van der Waals surface area contributed by atoms with E-state index in [9.17, 15) is 9.59 Å². The Labute approximate surface area is 135 Å². The Kier molecular flexibility index (Phi) is 4.57. The average Bonchev–Trinajstić information content (AvgIpc) is 3.15. The van der Waals surface area contributed by atoms with Crippen molar-refractivity contribution in [2.75, 3.05) is 20.1 Å². The summed E-state index contributed by atoms with van der Waals surface area (Å²) < 4.78 is 0. The molecule has 0 saturated carbocycles. The van der Waals surface area contributed by atoms with Crippen molar-refractivity contribution in [2.24, 2.45) is 0 Å². The van der Waals surface area contributed by atoms with Crippen LogP contribution in [0.15, 0.2) is 42.7 Å². The van der Waals surface area contributed by atoms with Crippen LogP contribution in [-0.2, 0) is 0 Å². The van der Waals surface area contributed by atoms with Crippen LogP contribution in [0.4, 0.5) is 0 Å². The molecule has 3 rings (SSSR count). The Bertz CT molecular complexity index is 669. The number of nitrogens with zero attached hydrogens (tertiary/aromatic N) is 1. The smallest absolute Gasteiger partial charge is 0.253 e. The molecule has 1 saturated heterocycles. The number of rotatable bonds is 4. The van der Waals surface area contributed by atoms with Gasteiger partial charge < -0.3 is 15.2 Å². The zero-order valence-electron chi connectivity index (χ0n) is 13.2. The number of H-pyrrole nitrogens is 1. The second-order valence-electron chi connectivity index (χ2n) is 5.86. The first-order valence-corrected chi connectivity index (χ1v) is 7.93. The fourth-order valence-electron chi connectivity index (χ4n) is 2.95. The Balaban J connectivity index is 1.67. The fraction of sp³-hybridized carbons (Fsp3) is 0.333. The molecule has 0 atom stereocenters. The van der Waals surface area contributed by atoms with Crippen LogP contribution in [0, 0.1) is 0 Å². The van der Waals surface area contributed by atoms with Crippen LogP contribution in [0.1, 0.15) is 39.1 Å². The van der Waals surface area contributed by atoms with Gasteiger partial charge in [-0.25, -0.2) is 0 Å². The van der Waals surface area contributed by atoms with Gasteiger partial charge in [0.1, 0.15) is 0 Å². The molecule has 0 spiro atoms. The van der Waals surface area contributed by atoms with E-state index in [0.717, 1.165) is 25.9 Å². The maximum absolute atomic E-state index is 12.5. The fourth-order valence-corrected chi connectivity index (χ4v) is 2.95. The Morgan fingerprint density at radius 2 is 1.70 bits per heavy atom. The topological polar surface area (TPSA) is 65.2 Å². The monoisotopic (exact) mass is 311 g/mol. The molecular formula is C18H21N3O2. The molecule has 1 fully saturated rings. The summed E-state index contributed by atoms with van der Waals surface area (Å²) >= 11 is 0. The van der Waals surface area contributed by atoms with Gasteiger partial charge in [0.25, 0.3) is 5.91 Å². The number of ketones is 1. The zero-order chi connectivity index (χ0) is 16.2. The molecule has 0 radical (unpaired) electrons. The lowest BCUT2D eigenvalue weighted by Gasteiger charge is -2.31. The van der Waals surface area contributed by atoms with Gasteiger partial charge in [0.2, 0.25) is 0 Å². The first-order valence-electron chi connectivity index (χ1n) is 7.93. The van der Waals surface area contributed by atoms with Crippen LogP contribution in [0.5, 0.6) is 0 Å². The number of benzene rings is 1. The van der Waals surface area contributed by atoms with Crippen LogP contribution in [-0.4, -0.2) is 47.8 Å². The van der Waals surface area contributed by atoms with Crippen LogP contribution < -0.4 is 5.32 Å². The third-order valence-electron chi connectivity index (χ3n) is 4.44. The van der Waals surface area contributed by atoms with Gasteiger partial charge in [0.15, 0.2) is 5.78 Å². The van der Waals surface area contributed by atoms with E-state index in [0.29, 0.717) is 22.7 Å². The number of aromatic nitrogens is 1. The number of hydrogen-bond acceptors (Lipinski definition) is 3. The van der Waals surface area contributed by atoms with E-state index < -0.39 is 0 Å². The third-order valence-corrected chi connectivity index (χ3v) is 4.44. The number of piperidine rings is 1. The van der Waals surface area contributed by atoms with E-state index in [2.05, 4.69) is 10.3 Å². The lowest BCUT2D eigenvalue weighted by atomic mass is 10.0. The largest absolute Gasteiger partial charge is 0.367 e. The van der Waals surface area contributed by atoms with Crippen LogP contribution >= 0.6 is 0 Å². The third kappa shape index (κ3) is 3.35. The summed E-state index contributed by atoms with van der Waals surface area (Å²) in [5, 5.41) is 3.26. The maximum Gasteiger partial charge on any atom is 0.253 e. The first-order chi connectivity index (χ1) is 11.2. The summed E-state index contributed by atoms with van der Waals surface area (Å²) in [6.07, 6.45) is 5.35. The van der Waals surface area contributed by atoms with E-state index in [1.807, 2.05) is 11.9 Å². The minimum atomic E-state index is -0.0416. The van der Waals surface area contributed by atoms with Crippen molar-refractivity contribution in [1.29, 1.82) is 0 Å². The maximum atomic E-state index is 12.5. The van der Waals surface area contributed by atoms with Crippen molar-refractivity contribution in [3.63, 3.8) is 0 Å². The Morgan fingerprint density at radius 3 is 2.26 bits per heavy atom. The molecule has 2 N–H and O–H groups in total. The number of likely N-dealkylation sites (tertiary alicyclic amines) is 1. The highest BCUT2D eigenvalue weighted by Gasteiger charge is 2.22. The summed E-state index contributed by atoms with van der Waals surface area (Å²) in [7, 11) is 1.96. The molecule has 1 aromatic carbocycles. The van der Waals surface area contributed by atoms with E-state index >= 15 is 0 Å². The molecular weight excluding hydrogens is 290 g/mol. The summed E-state index contributed by atoms with van der Waals surface area (Å²) in [5.41, 5.74) is 1.85. The number of aromatic amines is 1. The van der Waals surface area contributed by atoms with E-state index in [-0.39, 0.29) is 11.7 Å². The molecule has 0 aliphatic carbocycles. The lowest BCUT2D eigenvalue weighted by Crippen LogP contribution is -2.43. The van der Waals surface area contributed by atoms with Gasteiger partial charge in [-0.1, -0.05) is 12.1 Å². The van der Waals surface area contributed by atoms with Gasteiger partial charge in [-0.2, -0.15) is 0 Å². The van der Waals surface area contributed by atoms with Crippen LogP contribution in [0.25, 0.3) is 0 Å². The normalized spacial score (nSPS) is 15.6. The summed E-state index contributed by atoms with van der Waals surface area (Å²) in [5.74, 6) is 0.000259. The molecule has 0 bridgehead atoms. The zero-order valence-corrected chi connectivity index (χ0v) is 13.2. The SMILES string of the molecule is CNC1CCN(C(=O)c2ccc(C(=O)c3cc[nH]c3)cc2)CC1. The number of amides is 1. The average molecular weight is 311 g/mol. The minimum Gasteiger partial charge on any atom is -0.367 e. The molecule has 5 nitrogen and oxygen atoms in total. The molecule has 23 heavy (non-hydrogen) atoms. The molecule has 5 heteroatoms. The molecule has 1 aliphatic heterocycles. The second kappa shape index (κ2) is 6.79. The molecule has 2 heterocycles. The van der Waals surface area contributed by atoms with Crippen molar-refractivity contribution >= 4 is 11.7 Å². The van der Waals surface area contributed by atoms with E-state index in [1.54, 1.807) is 42.7 Å². The van der Waals surface area contributed by atoms with Gasteiger partial charge >= 0.3 is 0 Å². The molecule has 1 aromatic heterocycles. The van der Waals surface area contributed by atoms with E-state index in [1.165, 1.54) is 0 Å². The Morgan fingerprint density at radius 1 is 1.04 bits per heavy atom. The first kappa shape index (κ1) is 15.5. The highest BCUT2D eigenvalue weighted by atomic mass is 16.2. The van der Waals surface area contributed by atoms with Crippen molar-refractivity contribution in [1.82, 2.24) is 15.2 Å². The summed E-state index contributed by atoms with van der Waals surface area (Å²) in [4.78, 5) is 29.5. The minimum absolute atomic E-state index is 0.0416. The van der Waals surface area contributed by atoms with Gasteiger partial charge in [-0.15, -0.1) is 0 Å².